The van der Waals surface area contributed by atoms with Gasteiger partial charge in [-0.15, -0.1) is 11.6 Å². The van der Waals surface area contributed by atoms with Gasteiger partial charge in [-0.2, -0.15) is 0 Å². The van der Waals surface area contributed by atoms with Crippen LogP contribution in [-0.4, -0.2) is 91.2 Å². The molecule has 0 atom stereocenters. The summed E-state index contributed by atoms with van der Waals surface area (Å²) in [7, 11) is 0. The number of aromatic nitrogens is 2. The van der Waals surface area contributed by atoms with Crippen LogP contribution in [0, 0.1) is 11.6 Å². The van der Waals surface area contributed by atoms with Gasteiger partial charge in [0.15, 0.2) is 11.6 Å². The fourth-order valence-corrected chi connectivity index (χ4v) is 7.19. The Balaban J connectivity index is 0.000000155. The van der Waals surface area contributed by atoms with E-state index in [1.54, 1.807) is 12.1 Å². The maximum atomic E-state index is 12.9. The average Bonchev–Trinajstić information content (AvgIpc) is 3.92. The number of alkyl halides is 1. The molecule has 8 nitrogen and oxygen atoms in total. The highest BCUT2D eigenvalue weighted by atomic mass is 35.5. The molecule has 11 heteroatoms. The molecule has 2 aliphatic rings. The van der Waals surface area contributed by atoms with E-state index in [-0.39, 0.29) is 23.2 Å². The number of nitrogens with one attached hydrogen (secondary N) is 3. The van der Waals surface area contributed by atoms with Crippen molar-refractivity contribution >= 4 is 56.3 Å². The van der Waals surface area contributed by atoms with Gasteiger partial charge in [0.1, 0.15) is 11.6 Å². The summed E-state index contributed by atoms with van der Waals surface area (Å²) in [5, 5.41) is 5.98. The molecule has 2 fully saturated rings. The summed E-state index contributed by atoms with van der Waals surface area (Å²) in [5.41, 5.74) is 6.20. The normalized spacial score (nSPS) is 14.6. The summed E-state index contributed by atoms with van der Waals surface area (Å²) in [6.07, 6.45) is 6.43. The van der Waals surface area contributed by atoms with E-state index in [1.807, 2.05) is 12.4 Å². The number of ketones is 2. The minimum atomic E-state index is -0.325. The summed E-state index contributed by atoms with van der Waals surface area (Å²) in [5.74, 6) is -0.0468. The molecule has 2 saturated heterocycles. The first-order chi connectivity index (χ1) is 26.9. The van der Waals surface area contributed by atoms with Crippen LogP contribution in [0.2, 0.25) is 0 Å². The molecule has 0 amide bonds. The predicted molar refractivity (Wildman–Crippen MR) is 221 cm³/mol. The molecule has 2 aromatic heterocycles. The van der Waals surface area contributed by atoms with Crippen molar-refractivity contribution < 1.29 is 18.4 Å². The van der Waals surface area contributed by atoms with E-state index in [1.165, 1.54) is 69.6 Å². The molecule has 8 rings (SSSR count). The number of Topliss-reactive ketones (excluding diaryl/α,β-unsaturated/α-hetero) is 2. The Kier molecular flexibility index (Phi) is 14.5. The van der Waals surface area contributed by atoms with Crippen LogP contribution < -0.4 is 15.1 Å². The second-order valence-corrected chi connectivity index (χ2v) is 14.1. The molecule has 4 heterocycles. The summed E-state index contributed by atoms with van der Waals surface area (Å²) < 4.78 is 25.4. The Bertz CT molecular complexity index is 2100. The molecule has 0 bridgehead atoms. The van der Waals surface area contributed by atoms with Gasteiger partial charge in [0.2, 0.25) is 0 Å². The molecule has 0 aliphatic carbocycles. The standard InChI is InChI=1S/C22H24FN3O.C12H15N3.C10H10ClFO/c23-18-8-6-17(7-9-18)22(27)5-2-12-25-13-15-26(16-14-25)21-4-1-3-20-19(21)10-11-24-20;1-2-11-10(4-5-14-11)12(3-1)15-8-6-13-7-9-15;11-7-1-2-10(13)8-3-5-9(12)6-4-8/h1,3-4,6-11,24H,2,5,12-16H2;1-5,13-14H,6-9H2;3-6H,1-2,7H2. The van der Waals surface area contributed by atoms with Gasteiger partial charge in [0.05, 0.1) is 0 Å². The summed E-state index contributed by atoms with van der Waals surface area (Å²) in [6, 6.07) is 28.5. The van der Waals surface area contributed by atoms with Crippen LogP contribution in [0.15, 0.2) is 109 Å². The number of anilines is 2. The summed E-state index contributed by atoms with van der Waals surface area (Å²) in [6.45, 7) is 9.30. The van der Waals surface area contributed by atoms with Gasteiger partial charge >= 0.3 is 0 Å². The minimum Gasteiger partial charge on any atom is -0.368 e. The predicted octanol–water partition coefficient (Wildman–Crippen LogP) is 8.70. The molecular weight excluding hydrogens is 718 g/mol. The number of aromatic amines is 2. The molecule has 2 aliphatic heterocycles. The maximum absolute atomic E-state index is 12.9. The number of nitrogens with zero attached hydrogens (tertiary/aromatic N) is 3. The number of hydrogen-bond donors (Lipinski definition) is 3. The van der Waals surface area contributed by atoms with Crippen LogP contribution in [0.5, 0.6) is 0 Å². The summed E-state index contributed by atoms with van der Waals surface area (Å²) >= 11 is 5.45. The van der Waals surface area contributed by atoms with E-state index in [4.69, 9.17) is 11.6 Å². The lowest BCUT2D eigenvalue weighted by molar-refractivity contribution is 0.0969. The highest BCUT2D eigenvalue weighted by molar-refractivity contribution is 6.18. The second-order valence-electron chi connectivity index (χ2n) is 13.8. The van der Waals surface area contributed by atoms with E-state index in [2.05, 4.69) is 78.5 Å². The Hall–Kier alpha value is -5.03. The number of carbonyl (C=O) groups excluding carboxylic acids is 2. The van der Waals surface area contributed by atoms with E-state index in [0.717, 1.165) is 65.3 Å². The van der Waals surface area contributed by atoms with Crippen molar-refractivity contribution in [1.82, 2.24) is 20.2 Å². The smallest absolute Gasteiger partial charge is 0.162 e. The van der Waals surface area contributed by atoms with Crippen molar-refractivity contribution in [2.75, 3.05) is 74.6 Å². The van der Waals surface area contributed by atoms with Crippen LogP contribution in [0.3, 0.4) is 0 Å². The van der Waals surface area contributed by atoms with Gasteiger partial charge < -0.3 is 25.1 Å². The van der Waals surface area contributed by atoms with Crippen LogP contribution in [0.4, 0.5) is 20.2 Å². The lowest BCUT2D eigenvalue weighted by atomic mass is 10.1. The Morgan fingerprint density at radius 3 is 1.55 bits per heavy atom. The van der Waals surface area contributed by atoms with E-state index in [9.17, 15) is 18.4 Å². The van der Waals surface area contributed by atoms with Gasteiger partial charge in [-0.25, -0.2) is 8.78 Å². The number of benzene rings is 4. The Morgan fingerprint density at radius 1 is 0.582 bits per heavy atom. The van der Waals surface area contributed by atoms with Crippen molar-refractivity contribution in [2.45, 2.75) is 25.7 Å². The number of piperazine rings is 2. The van der Waals surface area contributed by atoms with Crippen LogP contribution in [0.1, 0.15) is 46.4 Å². The minimum absolute atomic E-state index is 0.0145. The van der Waals surface area contributed by atoms with Gasteiger partial charge in [-0.3, -0.25) is 14.5 Å². The molecule has 0 unspecified atom stereocenters. The molecule has 55 heavy (non-hydrogen) atoms. The third kappa shape index (κ3) is 11.0. The molecular formula is C44H49ClF2N6O2. The highest BCUT2D eigenvalue weighted by Gasteiger charge is 2.19. The van der Waals surface area contributed by atoms with Gasteiger partial charge in [-0.05, 0) is 104 Å². The van der Waals surface area contributed by atoms with Crippen molar-refractivity contribution in [3.8, 4) is 0 Å². The topological polar surface area (TPSA) is 87.5 Å². The lowest BCUT2D eigenvalue weighted by Gasteiger charge is -2.36. The van der Waals surface area contributed by atoms with Crippen LogP contribution in [-0.2, 0) is 0 Å². The molecule has 4 aromatic carbocycles. The molecule has 3 N–H and O–H groups in total. The zero-order valence-electron chi connectivity index (χ0n) is 31.1. The number of carbonyl (C=O) groups is 2. The van der Waals surface area contributed by atoms with Crippen LogP contribution >= 0.6 is 11.6 Å². The molecule has 6 aromatic rings. The van der Waals surface area contributed by atoms with Crippen molar-refractivity contribution in [1.29, 1.82) is 0 Å². The van der Waals surface area contributed by atoms with Gasteiger partial charge in [0, 0.05) is 128 Å². The summed E-state index contributed by atoms with van der Waals surface area (Å²) in [4.78, 5) is 37.4. The second kappa shape index (κ2) is 20.0. The highest BCUT2D eigenvalue weighted by Crippen LogP contribution is 2.28. The Morgan fingerprint density at radius 2 is 1.05 bits per heavy atom. The first-order valence-corrected chi connectivity index (χ1v) is 19.6. The van der Waals surface area contributed by atoms with Gasteiger partial charge in [0.25, 0.3) is 0 Å². The molecule has 0 saturated carbocycles. The first kappa shape index (κ1) is 39.7. The lowest BCUT2D eigenvalue weighted by Crippen LogP contribution is -2.46. The van der Waals surface area contributed by atoms with Gasteiger partial charge in [-0.1, -0.05) is 12.1 Å². The average molecular weight is 767 g/mol. The van der Waals surface area contributed by atoms with Crippen LogP contribution in [0.25, 0.3) is 21.8 Å². The zero-order chi connectivity index (χ0) is 38.4. The third-order valence-corrected chi connectivity index (χ3v) is 10.3. The fraction of sp³-hybridized carbons (Fsp3) is 0.318. The maximum Gasteiger partial charge on any atom is 0.162 e. The largest absolute Gasteiger partial charge is 0.368 e. The molecule has 0 radical (unpaired) electrons. The monoisotopic (exact) mass is 766 g/mol. The quantitative estimate of drug-likeness (QED) is 0.0904. The van der Waals surface area contributed by atoms with Crippen molar-refractivity contribution in [2.24, 2.45) is 0 Å². The SMILES string of the molecule is O=C(CCCCl)c1ccc(F)cc1.O=C(CCCN1CCN(c2cccc3[nH]ccc23)CC1)c1ccc(F)cc1.c1cc(N2CCNCC2)c2cc[nH]c2c1. The van der Waals surface area contributed by atoms with Crippen molar-refractivity contribution in [3.05, 3.63) is 132 Å². The van der Waals surface area contributed by atoms with Crippen molar-refractivity contribution in [3.63, 3.8) is 0 Å². The fourth-order valence-electron chi connectivity index (χ4n) is 7.06. The Labute approximate surface area is 326 Å². The first-order valence-electron chi connectivity index (χ1n) is 19.1. The van der Waals surface area contributed by atoms with E-state index >= 15 is 0 Å². The number of hydrogen-bond acceptors (Lipinski definition) is 6. The number of halogens is 3. The number of H-pyrrole nitrogens is 2. The van der Waals surface area contributed by atoms with E-state index in [0.29, 0.717) is 36.3 Å². The number of fused-ring (bicyclic) bond motifs is 2. The molecule has 288 valence electrons. The number of rotatable bonds is 11. The molecule has 0 spiro atoms. The zero-order valence-corrected chi connectivity index (χ0v) is 31.8. The third-order valence-electron chi connectivity index (χ3n) is 10.1. The van der Waals surface area contributed by atoms with E-state index < -0.39 is 0 Å².